The fourth-order valence-corrected chi connectivity index (χ4v) is 5.80. The molecule has 0 aromatic carbocycles. The summed E-state index contributed by atoms with van der Waals surface area (Å²) in [6.45, 7) is 4.58. The summed E-state index contributed by atoms with van der Waals surface area (Å²) in [6, 6.07) is 1.79. The highest BCUT2D eigenvalue weighted by molar-refractivity contribution is 7.89. The van der Waals surface area contributed by atoms with Crippen molar-refractivity contribution in [2.24, 2.45) is 0 Å². The number of aryl methyl sites for hydroxylation is 1. The third-order valence-electron chi connectivity index (χ3n) is 3.65. The molecule has 1 saturated carbocycles. The van der Waals surface area contributed by atoms with Gasteiger partial charge in [-0.15, -0.1) is 11.3 Å². The van der Waals surface area contributed by atoms with E-state index in [1.54, 1.807) is 17.4 Å². The van der Waals surface area contributed by atoms with Gasteiger partial charge in [-0.3, -0.25) is 0 Å². The summed E-state index contributed by atoms with van der Waals surface area (Å²) in [7, 11) is -1.54. The maximum absolute atomic E-state index is 12.5. The van der Waals surface area contributed by atoms with Crippen molar-refractivity contribution in [2.45, 2.75) is 56.5 Å². The van der Waals surface area contributed by atoms with Crippen molar-refractivity contribution in [1.82, 2.24) is 10.0 Å². The molecule has 1 aromatic rings. The van der Waals surface area contributed by atoms with Crippen molar-refractivity contribution in [3.8, 4) is 0 Å². The van der Waals surface area contributed by atoms with Gasteiger partial charge >= 0.3 is 0 Å². The Balaban J connectivity index is 2.24. The fourth-order valence-electron chi connectivity index (χ4n) is 2.69. The Morgan fingerprint density at radius 2 is 2.00 bits per heavy atom. The molecule has 108 valence electrons. The maximum Gasteiger partial charge on any atom is 0.242 e. The Hall–Kier alpha value is -0.430. The van der Waals surface area contributed by atoms with E-state index in [1.165, 1.54) is 0 Å². The Kier molecular flexibility index (Phi) is 4.35. The molecule has 0 atom stereocenters. The standard InChI is InChI=1S/C13H22N2O2S2/c1-10-12(8-11(18-10)9-14-3)19(16,17)15-13(2)6-4-5-7-13/h8,14-15H,4-7,9H2,1-3H3. The lowest BCUT2D eigenvalue weighted by Crippen LogP contribution is -2.43. The molecule has 4 nitrogen and oxygen atoms in total. The van der Waals surface area contributed by atoms with Gasteiger partial charge in [-0.2, -0.15) is 0 Å². The quantitative estimate of drug-likeness (QED) is 0.878. The third kappa shape index (κ3) is 3.37. The fraction of sp³-hybridized carbons (Fsp3) is 0.692. The zero-order valence-electron chi connectivity index (χ0n) is 11.7. The second-order valence-corrected chi connectivity index (χ2v) is 8.53. The predicted molar refractivity (Wildman–Crippen MR) is 79.0 cm³/mol. The highest BCUT2D eigenvalue weighted by atomic mass is 32.2. The zero-order chi connectivity index (χ0) is 14.1. The van der Waals surface area contributed by atoms with Crippen LogP contribution in [0.3, 0.4) is 0 Å². The van der Waals surface area contributed by atoms with Crippen molar-refractivity contribution in [1.29, 1.82) is 0 Å². The molecular weight excluding hydrogens is 280 g/mol. The van der Waals surface area contributed by atoms with E-state index in [1.807, 2.05) is 20.9 Å². The molecule has 0 aliphatic heterocycles. The summed E-state index contributed by atoms with van der Waals surface area (Å²) in [5.74, 6) is 0. The monoisotopic (exact) mass is 302 g/mol. The van der Waals surface area contributed by atoms with Gasteiger partial charge in [0.25, 0.3) is 0 Å². The van der Waals surface area contributed by atoms with Gasteiger partial charge in [0.1, 0.15) is 0 Å². The molecule has 6 heteroatoms. The molecule has 0 radical (unpaired) electrons. The van der Waals surface area contributed by atoms with Gasteiger partial charge in [-0.05, 0) is 39.8 Å². The SMILES string of the molecule is CNCc1cc(S(=O)(=O)NC2(C)CCCC2)c(C)s1. The van der Waals surface area contributed by atoms with Crippen LogP contribution >= 0.6 is 11.3 Å². The van der Waals surface area contributed by atoms with Crippen molar-refractivity contribution in [3.05, 3.63) is 15.8 Å². The molecule has 0 bridgehead atoms. The van der Waals surface area contributed by atoms with Crippen LogP contribution < -0.4 is 10.0 Å². The molecule has 1 aromatic heterocycles. The summed E-state index contributed by atoms with van der Waals surface area (Å²) in [5, 5.41) is 3.05. The van der Waals surface area contributed by atoms with E-state index in [4.69, 9.17) is 0 Å². The summed E-state index contributed by atoms with van der Waals surface area (Å²) >= 11 is 1.54. The van der Waals surface area contributed by atoms with Gasteiger partial charge in [0.05, 0.1) is 4.90 Å². The Labute approximate surface area is 119 Å². The number of hydrogen-bond donors (Lipinski definition) is 2. The van der Waals surface area contributed by atoms with Gasteiger partial charge in [-0.25, -0.2) is 13.1 Å². The van der Waals surface area contributed by atoms with Crippen LogP contribution in [0.2, 0.25) is 0 Å². The zero-order valence-corrected chi connectivity index (χ0v) is 13.4. The topological polar surface area (TPSA) is 58.2 Å². The number of nitrogens with one attached hydrogen (secondary N) is 2. The smallest absolute Gasteiger partial charge is 0.242 e. The molecule has 1 aliphatic carbocycles. The highest BCUT2D eigenvalue weighted by Crippen LogP contribution is 2.32. The van der Waals surface area contributed by atoms with Crippen LogP contribution in [0.15, 0.2) is 11.0 Å². The number of hydrogen-bond acceptors (Lipinski definition) is 4. The first-order valence-corrected chi connectivity index (χ1v) is 8.94. The van der Waals surface area contributed by atoms with Crippen molar-refractivity contribution < 1.29 is 8.42 Å². The van der Waals surface area contributed by atoms with Crippen LogP contribution in [0.1, 0.15) is 42.4 Å². The average molecular weight is 302 g/mol. The molecule has 0 saturated heterocycles. The summed E-state index contributed by atoms with van der Waals surface area (Å²) in [5.41, 5.74) is -0.267. The lowest BCUT2D eigenvalue weighted by molar-refractivity contribution is 0.427. The van der Waals surface area contributed by atoms with Gasteiger partial charge in [0, 0.05) is 21.8 Å². The van der Waals surface area contributed by atoms with E-state index in [2.05, 4.69) is 10.0 Å². The minimum Gasteiger partial charge on any atom is -0.315 e. The Morgan fingerprint density at radius 1 is 1.37 bits per heavy atom. The van der Waals surface area contributed by atoms with E-state index >= 15 is 0 Å². The second kappa shape index (κ2) is 5.52. The second-order valence-electron chi connectivity index (χ2n) is 5.54. The van der Waals surface area contributed by atoms with Gasteiger partial charge in [0.2, 0.25) is 10.0 Å². The van der Waals surface area contributed by atoms with Crippen LogP contribution in [0.5, 0.6) is 0 Å². The van der Waals surface area contributed by atoms with Crippen LogP contribution in [0.4, 0.5) is 0 Å². The first-order valence-electron chi connectivity index (χ1n) is 6.64. The van der Waals surface area contributed by atoms with E-state index in [-0.39, 0.29) is 5.54 Å². The predicted octanol–water partition coefficient (Wildman–Crippen LogP) is 2.39. The highest BCUT2D eigenvalue weighted by Gasteiger charge is 2.34. The van der Waals surface area contributed by atoms with Gasteiger partial charge in [-0.1, -0.05) is 12.8 Å². The number of rotatable bonds is 5. The summed E-state index contributed by atoms with van der Waals surface area (Å²) < 4.78 is 27.9. The molecule has 0 unspecified atom stereocenters. The molecule has 1 heterocycles. The molecule has 2 rings (SSSR count). The average Bonchev–Trinajstić information content (AvgIpc) is 2.85. The van der Waals surface area contributed by atoms with Gasteiger partial charge in [0.15, 0.2) is 0 Å². The van der Waals surface area contributed by atoms with Crippen LogP contribution in [0.25, 0.3) is 0 Å². The van der Waals surface area contributed by atoms with Crippen molar-refractivity contribution >= 4 is 21.4 Å². The summed E-state index contributed by atoms with van der Waals surface area (Å²) in [6.07, 6.45) is 4.07. The first kappa shape index (κ1) is 15.0. The van der Waals surface area contributed by atoms with E-state index in [0.717, 1.165) is 35.4 Å². The molecule has 1 aliphatic rings. The van der Waals surface area contributed by atoms with Crippen molar-refractivity contribution in [3.63, 3.8) is 0 Å². The molecule has 2 N–H and O–H groups in total. The van der Waals surface area contributed by atoms with E-state index < -0.39 is 10.0 Å². The molecule has 19 heavy (non-hydrogen) atoms. The van der Waals surface area contributed by atoms with E-state index in [0.29, 0.717) is 11.4 Å². The largest absolute Gasteiger partial charge is 0.315 e. The van der Waals surface area contributed by atoms with Crippen molar-refractivity contribution in [2.75, 3.05) is 7.05 Å². The third-order valence-corrected chi connectivity index (χ3v) is 6.60. The van der Waals surface area contributed by atoms with Crippen LogP contribution in [-0.2, 0) is 16.6 Å². The lowest BCUT2D eigenvalue weighted by atomic mass is 10.0. The number of sulfonamides is 1. The lowest BCUT2D eigenvalue weighted by Gasteiger charge is -2.24. The number of thiophene rings is 1. The molecule has 0 amide bonds. The maximum atomic E-state index is 12.5. The normalized spacial score (nSPS) is 18.9. The summed E-state index contributed by atoms with van der Waals surface area (Å²) in [4.78, 5) is 2.35. The Bertz CT molecular complexity index is 543. The Morgan fingerprint density at radius 3 is 2.58 bits per heavy atom. The molecule has 0 spiro atoms. The minimum absolute atomic E-state index is 0.267. The first-order chi connectivity index (χ1) is 8.86. The molecular formula is C13H22N2O2S2. The molecule has 1 fully saturated rings. The van der Waals surface area contributed by atoms with E-state index in [9.17, 15) is 8.42 Å². The van der Waals surface area contributed by atoms with Gasteiger partial charge < -0.3 is 5.32 Å². The van der Waals surface area contributed by atoms with Crippen LogP contribution in [-0.4, -0.2) is 21.0 Å². The minimum atomic E-state index is -3.40. The van der Waals surface area contributed by atoms with Crippen LogP contribution in [0, 0.1) is 6.92 Å².